The number of rotatable bonds is 5. The van der Waals surface area contributed by atoms with Crippen LogP contribution in [0.25, 0.3) is 0 Å². The quantitative estimate of drug-likeness (QED) is 0.691. The number of benzene rings is 1. The molecule has 31 heavy (non-hydrogen) atoms. The molecule has 3 fully saturated rings. The lowest BCUT2D eigenvalue weighted by molar-refractivity contribution is -0.157. The molecule has 168 valence electrons. The summed E-state index contributed by atoms with van der Waals surface area (Å²) in [7, 11) is -3.74. The second-order valence-electron chi connectivity index (χ2n) is 8.93. The highest BCUT2D eigenvalue weighted by Crippen LogP contribution is 2.44. The first-order valence-electron chi connectivity index (χ1n) is 10.4. The summed E-state index contributed by atoms with van der Waals surface area (Å²) in [6.07, 6.45) is 1.14. The largest absolute Gasteiger partial charge is 0.368 e. The molecule has 2 heterocycles. The van der Waals surface area contributed by atoms with Crippen LogP contribution < -0.4 is 4.72 Å². The molecular weight excluding hydrogens is 426 g/mol. The monoisotopic (exact) mass is 452 g/mol. The van der Waals surface area contributed by atoms with Crippen LogP contribution in [0.3, 0.4) is 0 Å². The maximum absolute atomic E-state index is 15.2. The van der Waals surface area contributed by atoms with E-state index in [9.17, 15) is 17.6 Å². The molecule has 3 aliphatic rings. The van der Waals surface area contributed by atoms with Crippen LogP contribution in [0.15, 0.2) is 18.2 Å². The first kappa shape index (κ1) is 22.2. The molecule has 3 unspecified atom stereocenters. The summed E-state index contributed by atoms with van der Waals surface area (Å²) in [6.45, 7) is 2.21. The minimum absolute atomic E-state index is 0.0370. The molecule has 0 radical (unpaired) electrons. The lowest BCUT2D eigenvalue weighted by Gasteiger charge is -2.34. The van der Waals surface area contributed by atoms with Gasteiger partial charge in [-0.15, -0.1) is 0 Å². The summed E-state index contributed by atoms with van der Waals surface area (Å²) in [4.78, 5) is 14.1. The molecule has 1 aromatic carbocycles. The number of ether oxygens (including phenoxy) is 1. The number of nitrogens with zero attached hydrogens (tertiary/aromatic N) is 1. The van der Waals surface area contributed by atoms with Crippen molar-refractivity contribution in [1.29, 1.82) is 0 Å². The summed E-state index contributed by atoms with van der Waals surface area (Å²) < 4.78 is 61.2. The van der Waals surface area contributed by atoms with Crippen molar-refractivity contribution in [2.24, 2.45) is 5.41 Å². The van der Waals surface area contributed by atoms with Crippen LogP contribution in [0.5, 0.6) is 0 Å². The minimum atomic E-state index is -3.74. The Morgan fingerprint density at radius 3 is 2.68 bits per heavy atom. The average Bonchev–Trinajstić information content (AvgIpc) is 3.30. The third-order valence-corrected chi connectivity index (χ3v) is 6.89. The van der Waals surface area contributed by atoms with Crippen molar-refractivity contribution in [2.45, 2.75) is 57.0 Å². The fourth-order valence-electron chi connectivity index (χ4n) is 3.97. The van der Waals surface area contributed by atoms with Gasteiger partial charge in [-0.1, -0.05) is 24.0 Å². The number of amides is 1. The van der Waals surface area contributed by atoms with Gasteiger partial charge in [0.1, 0.15) is 18.1 Å². The van der Waals surface area contributed by atoms with Crippen LogP contribution in [0.4, 0.5) is 8.78 Å². The Kier molecular flexibility index (Phi) is 5.83. The van der Waals surface area contributed by atoms with Gasteiger partial charge in [-0.25, -0.2) is 21.9 Å². The number of hydrogen-bond donors (Lipinski definition) is 1. The number of carbonyl (C=O) groups is 1. The number of carbonyl (C=O) groups excluding carboxylic acids is 1. The molecule has 0 aromatic heterocycles. The zero-order valence-electron chi connectivity index (χ0n) is 17.5. The summed E-state index contributed by atoms with van der Waals surface area (Å²) in [6, 6.07) is 2.77. The summed E-state index contributed by atoms with van der Waals surface area (Å²) in [5.41, 5.74) is 0.443. The first-order valence-corrected chi connectivity index (χ1v) is 12.3. The third kappa shape index (κ3) is 4.92. The topological polar surface area (TPSA) is 75.7 Å². The molecule has 2 aliphatic heterocycles. The van der Waals surface area contributed by atoms with Crippen molar-refractivity contribution in [3.63, 3.8) is 0 Å². The van der Waals surface area contributed by atoms with Crippen LogP contribution >= 0.6 is 0 Å². The van der Waals surface area contributed by atoms with Gasteiger partial charge in [0.2, 0.25) is 10.0 Å². The minimum Gasteiger partial charge on any atom is -0.368 e. The normalized spacial score (nSPS) is 29.1. The Morgan fingerprint density at radius 2 is 2.10 bits per heavy atom. The highest BCUT2D eigenvalue weighted by molar-refractivity contribution is 7.88. The van der Waals surface area contributed by atoms with Crippen molar-refractivity contribution in [2.75, 3.05) is 19.4 Å². The van der Waals surface area contributed by atoms with Crippen molar-refractivity contribution in [1.82, 2.24) is 9.62 Å². The first-order chi connectivity index (χ1) is 14.6. The van der Waals surface area contributed by atoms with Crippen LogP contribution in [0, 0.1) is 23.1 Å². The highest BCUT2D eigenvalue weighted by atomic mass is 32.2. The van der Waals surface area contributed by atoms with Crippen LogP contribution in [0.2, 0.25) is 0 Å². The number of halogens is 2. The second kappa shape index (κ2) is 8.15. The van der Waals surface area contributed by atoms with E-state index < -0.39 is 46.1 Å². The standard InChI is InChI=1S/C22H26F2N2O4S/c1-22(9-10-22)8-6-14-4-3-5-15(19(14)24)12-17-20(25-31(2,28)29)16(23)13-26(17)21(27)18-7-11-30-18/h3-5,16-18,20,25H,7,9-13H2,1-2H3/t16?,17?,18-,20?/m1/s1. The van der Waals surface area contributed by atoms with Crippen molar-refractivity contribution >= 4 is 15.9 Å². The van der Waals surface area contributed by atoms with Crippen LogP contribution in [0.1, 0.15) is 37.3 Å². The molecule has 4 atom stereocenters. The molecule has 9 heteroatoms. The van der Waals surface area contributed by atoms with E-state index in [0.29, 0.717) is 13.0 Å². The van der Waals surface area contributed by atoms with Crippen molar-refractivity contribution < 1.29 is 26.7 Å². The van der Waals surface area contributed by atoms with E-state index in [1.54, 1.807) is 18.2 Å². The Hall–Kier alpha value is -2.02. The highest BCUT2D eigenvalue weighted by Gasteiger charge is 2.48. The molecule has 1 aliphatic carbocycles. The van der Waals surface area contributed by atoms with E-state index in [4.69, 9.17) is 4.74 Å². The second-order valence-corrected chi connectivity index (χ2v) is 10.7. The Morgan fingerprint density at radius 1 is 1.39 bits per heavy atom. The molecule has 1 aromatic rings. The van der Waals surface area contributed by atoms with E-state index >= 15 is 4.39 Å². The zero-order chi connectivity index (χ0) is 22.4. The molecule has 1 saturated carbocycles. The molecule has 6 nitrogen and oxygen atoms in total. The average molecular weight is 453 g/mol. The number of likely N-dealkylation sites (tertiary alicyclic amines) is 1. The van der Waals surface area contributed by atoms with Gasteiger partial charge >= 0.3 is 0 Å². The third-order valence-electron chi connectivity index (χ3n) is 6.19. The van der Waals surface area contributed by atoms with Gasteiger partial charge in [0.25, 0.3) is 5.91 Å². The summed E-state index contributed by atoms with van der Waals surface area (Å²) >= 11 is 0. The SMILES string of the molecule is CC1(C#Cc2cccc(CC3C(NS(C)(=O)=O)C(F)CN3C(=O)[C@H]3CCO3)c2F)CC1. The van der Waals surface area contributed by atoms with E-state index in [-0.39, 0.29) is 29.5 Å². The molecule has 2 saturated heterocycles. The molecule has 1 amide bonds. The summed E-state index contributed by atoms with van der Waals surface area (Å²) in [5.74, 6) is 5.08. The number of sulfonamides is 1. The van der Waals surface area contributed by atoms with Gasteiger partial charge in [-0.2, -0.15) is 0 Å². The predicted molar refractivity (Wildman–Crippen MR) is 111 cm³/mol. The number of nitrogens with one attached hydrogen (secondary N) is 1. The fraction of sp³-hybridized carbons (Fsp3) is 0.591. The fourth-order valence-corrected chi connectivity index (χ4v) is 4.77. The van der Waals surface area contributed by atoms with Gasteiger partial charge in [-0.05, 0) is 37.8 Å². The molecular formula is C22H26F2N2O4S. The maximum atomic E-state index is 15.2. The van der Waals surface area contributed by atoms with Gasteiger partial charge in [0.15, 0.2) is 0 Å². The number of alkyl halides is 1. The predicted octanol–water partition coefficient (Wildman–Crippen LogP) is 1.78. The van der Waals surface area contributed by atoms with Crippen LogP contribution in [-0.2, 0) is 26.0 Å². The zero-order valence-corrected chi connectivity index (χ0v) is 18.3. The Bertz CT molecular complexity index is 1040. The molecule has 0 spiro atoms. The van der Waals surface area contributed by atoms with E-state index in [2.05, 4.69) is 16.6 Å². The Labute approximate surface area is 181 Å². The Balaban J connectivity index is 1.63. The lowest BCUT2D eigenvalue weighted by Crippen LogP contribution is -2.53. The smallest absolute Gasteiger partial charge is 0.252 e. The van der Waals surface area contributed by atoms with Crippen molar-refractivity contribution in [3.8, 4) is 11.8 Å². The van der Waals surface area contributed by atoms with Gasteiger partial charge < -0.3 is 9.64 Å². The van der Waals surface area contributed by atoms with E-state index in [0.717, 1.165) is 19.1 Å². The van der Waals surface area contributed by atoms with Crippen molar-refractivity contribution in [3.05, 3.63) is 35.1 Å². The van der Waals surface area contributed by atoms with Gasteiger partial charge in [-0.3, -0.25) is 4.79 Å². The van der Waals surface area contributed by atoms with E-state index in [1.165, 1.54) is 4.90 Å². The maximum Gasteiger partial charge on any atom is 0.252 e. The summed E-state index contributed by atoms with van der Waals surface area (Å²) in [5, 5.41) is 0. The van der Waals surface area contributed by atoms with E-state index in [1.807, 2.05) is 6.92 Å². The van der Waals surface area contributed by atoms with Crippen LogP contribution in [-0.4, -0.2) is 63.0 Å². The number of hydrogen-bond acceptors (Lipinski definition) is 4. The lowest BCUT2D eigenvalue weighted by atomic mass is 9.97. The van der Waals surface area contributed by atoms with Gasteiger partial charge in [0, 0.05) is 11.8 Å². The molecule has 1 N–H and O–H groups in total. The van der Waals surface area contributed by atoms with Gasteiger partial charge in [0.05, 0.1) is 37.1 Å². The molecule has 4 rings (SSSR count). The molecule has 0 bridgehead atoms.